The number of rotatable bonds is 4. The summed E-state index contributed by atoms with van der Waals surface area (Å²) >= 11 is 0. The fourth-order valence-corrected chi connectivity index (χ4v) is 5.53. The van der Waals surface area contributed by atoms with Crippen LogP contribution < -0.4 is 20.7 Å². The van der Waals surface area contributed by atoms with Crippen LogP contribution in [0.4, 0.5) is 0 Å². The summed E-state index contributed by atoms with van der Waals surface area (Å²) in [7, 11) is 1.94. The Labute approximate surface area is 233 Å². The standard InChI is InChI=1S/C30H36N6O4/c1-35-24-11-4-3-10-23(24)34-26(35)19-33-27(37)20-36-17-8-14-30(21-36)13-6-7-18-40-25-12-5-2-9-22(25)28(38)31-15-16-32-29(30)39/h2-7,9-12H,8,13-21H2,1H3,(H,31,38)(H,32,39)(H,33,37)/b7-6-. The van der Waals surface area contributed by atoms with E-state index in [-0.39, 0.29) is 30.9 Å². The molecule has 1 fully saturated rings. The van der Waals surface area contributed by atoms with Gasteiger partial charge in [0.25, 0.3) is 5.91 Å². The minimum Gasteiger partial charge on any atom is -0.489 e. The van der Waals surface area contributed by atoms with Crippen molar-refractivity contribution in [2.75, 3.05) is 39.3 Å². The largest absolute Gasteiger partial charge is 0.489 e. The predicted octanol–water partition coefficient (Wildman–Crippen LogP) is 2.16. The zero-order valence-electron chi connectivity index (χ0n) is 22.8. The van der Waals surface area contributed by atoms with Gasteiger partial charge in [0.15, 0.2) is 0 Å². The number of hydrogen-bond acceptors (Lipinski definition) is 6. The van der Waals surface area contributed by atoms with Crippen molar-refractivity contribution in [3.8, 4) is 5.75 Å². The Morgan fingerprint density at radius 1 is 1.07 bits per heavy atom. The van der Waals surface area contributed by atoms with Crippen LogP contribution in [0.25, 0.3) is 11.0 Å². The molecule has 2 aliphatic rings. The summed E-state index contributed by atoms with van der Waals surface area (Å²) in [6.45, 7) is 2.67. The van der Waals surface area contributed by atoms with E-state index in [0.29, 0.717) is 43.9 Å². The number of allylic oxidation sites excluding steroid dienone is 1. The molecule has 3 N–H and O–H groups in total. The second kappa shape index (κ2) is 12.3. The molecule has 10 nitrogen and oxygen atoms in total. The number of benzene rings is 2. The van der Waals surface area contributed by atoms with Gasteiger partial charge in [0.05, 0.1) is 35.1 Å². The Hall–Kier alpha value is -4.18. The van der Waals surface area contributed by atoms with Gasteiger partial charge in [-0.15, -0.1) is 0 Å². The molecular formula is C30H36N6O4. The monoisotopic (exact) mass is 544 g/mol. The number of carbonyl (C=O) groups is 3. The Balaban J connectivity index is 1.22. The zero-order valence-corrected chi connectivity index (χ0v) is 22.8. The number of aromatic nitrogens is 2. The molecule has 0 bridgehead atoms. The zero-order chi connectivity index (χ0) is 28.0. The van der Waals surface area contributed by atoms with Gasteiger partial charge in [-0.25, -0.2) is 4.98 Å². The Morgan fingerprint density at radius 3 is 2.75 bits per heavy atom. The number of likely N-dealkylation sites (tertiary alicyclic amines) is 1. The molecule has 5 rings (SSSR count). The molecule has 3 amide bonds. The van der Waals surface area contributed by atoms with Crippen molar-refractivity contribution in [3.05, 3.63) is 72.1 Å². The molecule has 210 valence electrons. The van der Waals surface area contributed by atoms with Crippen LogP contribution in [0.3, 0.4) is 0 Å². The van der Waals surface area contributed by atoms with Gasteiger partial charge < -0.3 is 25.3 Å². The van der Waals surface area contributed by atoms with Crippen molar-refractivity contribution in [1.29, 1.82) is 0 Å². The van der Waals surface area contributed by atoms with E-state index in [1.54, 1.807) is 18.2 Å². The van der Waals surface area contributed by atoms with Crippen molar-refractivity contribution in [1.82, 2.24) is 30.4 Å². The van der Waals surface area contributed by atoms with Crippen molar-refractivity contribution in [3.63, 3.8) is 0 Å². The summed E-state index contributed by atoms with van der Waals surface area (Å²) in [6, 6.07) is 15.0. The third-order valence-corrected chi connectivity index (χ3v) is 7.67. The Bertz CT molecular complexity index is 1420. The van der Waals surface area contributed by atoms with Gasteiger partial charge in [-0.3, -0.25) is 19.3 Å². The van der Waals surface area contributed by atoms with Gasteiger partial charge >= 0.3 is 0 Å². The molecule has 1 aromatic heterocycles. The van der Waals surface area contributed by atoms with Crippen LogP contribution in [0, 0.1) is 5.41 Å². The second-order valence-corrected chi connectivity index (χ2v) is 10.4. The van der Waals surface area contributed by atoms with Gasteiger partial charge in [0.1, 0.15) is 18.2 Å². The minimum absolute atomic E-state index is 0.0606. The van der Waals surface area contributed by atoms with Gasteiger partial charge in [-0.2, -0.15) is 0 Å². The highest BCUT2D eigenvalue weighted by atomic mass is 16.5. The van der Waals surface area contributed by atoms with Crippen LogP contribution >= 0.6 is 0 Å². The fourth-order valence-electron chi connectivity index (χ4n) is 5.53. The fraction of sp³-hybridized carbons (Fsp3) is 0.400. The van der Waals surface area contributed by atoms with Crippen LogP contribution in [0.5, 0.6) is 5.75 Å². The SMILES string of the molecule is Cn1c(CNC(=O)CN2CCCC3(C/C=C\COc4ccccc4C(=O)NCCNC3=O)C2)nc2ccccc21. The maximum Gasteiger partial charge on any atom is 0.255 e. The first-order chi connectivity index (χ1) is 19.4. The molecule has 40 heavy (non-hydrogen) atoms. The van der Waals surface area contributed by atoms with Crippen molar-refractivity contribution in [2.24, 2.45) is 12.5 Å². The molecule has 0 aliphatic carbocycles. The maximum atomic E-state index is 13.5. The van der Waals surface area contributed by atoms with Crippen LogP contribution in [0.1, 0.15) is 35.4 Å². The number of hydrogen-bond donors (Lipinski definition) is 3. The van der Waals surface area contributed by atoms with Gasteiger partial charge in [0.2, 0.25) is 11.8 Å². The van der Waals surface area contributed by atoms with Crippen molar-refractivity contribution >= 4 is 28.8 Å². The number of carbonyl (C=O) groups excluding carboxylic acids is 3. The summed E-state index contributed by atoms with van der Waals surface area (Å²) in [4.78, 5) is 45.7. The van der Waals surface area contributed by atoms with Crippen LogP contribution in [-0.2, 0) is 23.2 Å². The summed E-state index contributed by atoms with van der Waals surface area (Å²) in [6.07, 6.45) is 5.92. The third kappa shape index (κ3) is 6.17. The van der Waals surface area contributed by atoms with E-state index in [1.807, 2.05) is 54.1 Å². The number of nitrogens with one attached hydrogen (secondary N) is 3. The van der Waals surface area contributed by atoms with E-state index >= 15 is 0 Å². The quantitative estimate of drug-likeness (QED) is 0.434. The lowest BCUT2D eigenvalue weighted by atomic mass is 9.76. The molecule has 3 aromatic rings. The summed E-state index contributed by atoms with van der Waals surface area (Å²) < 4.78 is 7.84. The lowest BCUT2D eigenvalue weighted by molar-refractivity contribution is -0.136. The summed E-state index contributed by atoms with van der Waals surface area (Å²) in [5, 5.41) is 8.88. The highest BCUT2D eigenvalue weighted by Crippen LogP contribution is 2.34. The normalized spacial score (nSPS) is 21.5. The molecule has 0 radical (unpaired) electrons. The molecule has 2 aromatic carbocycles. The highest BCUT2D eigenvalue weighted by Gasteiger charge is 2.41. The topological polar surface area (TPSA) is 118 Å². The lowest BCUT2D eigenvalue weighted by Crippen LogP contribution is -2.54. The van der Waals surface area contributed by atoms with Crippen molar-refractivity contribution in [2.45, 2.75) is 25.8 Å². The predicted molar refractivity (Wildman–Crippen MR) is 152 cm³/mol. The summed E-state index contributed by atoms with van der Waals surface area (Å²) in [5.41, 5.74) is 1.72. The first-order valence-electron chi connectivity index (χ1n) is 13.8. The van der Waals surface area contributed by atoms with E-state index < -0.39 is 5.41 Å². The van der Waals surface area contributed by atoms with E-state index in [1.165, 1.54) is 0 Å². The van der Waals surface area contributed by atoms with Crippen LogP contribution in [0.2, 0.25) is 0 Å². The molecule has 2 aliphatic heterocycles. The Morgan fingerprint density at radius 2 is 1.88 bits per heavy atom. The van der Waals surface area contributed by atoms with E-state index in [2.05, 4.69) is 25.8 Å². The first-order valence-corrected chi connectivity index (χ1v) is 13.8. The molecule has 1 spiro atoms. The molecule has 10 heteroatoms. The number of aryl methyl sites for hydroxylation is 1. The van der Waals surface area contributed by atoms with Gasteiger partial charge in [-0.05, 0) is 50.1 Å². The average Bonchev–Trinajstić information content (AvgIpc) is 3.29. The van der Waals surface area contributed by atoms with E-state index in [0.717, 1.165) is 36.2 Å². The number of nitrogens with zero attached hydrogens (tertiary/aromatic N) is 3. The summed E-state index contributed by atoms with van der Waals surface area (Å²) in [5.74, 6) is 0.908. The average molecular weight is 545 g/mol. The third-order valence-electron chi connectivity index (χ3n) is 7.67. The molecule has 1 atom stereocenters. The molecule has 3 heterocycles. The van der Waals surface area contributed by atoms with Crippen LogP contribution in [-0.4, -0.2) is 71.5 Å². The lowest BCUT2D eigenvalue weighted by Gasteiger charge is -2.41. The molecule has 1 saturated heterocycles. The molecule has 0 saturated carbocycles. The number of amides is 3. The van der Waals surface area contributed by atoms with E-state index in [9.17, 15) is 14.4 Å². The first kappa shape index (κ1) is 27.4. The number of para-hydroxylation sites is 3. The number of piperidine rings is 1. The maximum absolute atomic E-state index is 13.5. The van der Waals surface area contributed by atoms with Crippen molar-refractivity contribution < 1.29 is 19.1 Å². The number of fused-ring (bicyclic) bond motifs is 2. The van der Waals surface area contributed by atoms with Gasteiger partial charge in [-0.1, -0.05) is 36.4 Å². The number of imidazole rings is 1. The van der Waals surface area contributed by atoms with E-state index in [4.69, 9.17) is 4.74 Å². The van der Waals surface area contributed by atoms with Gasteiger partial charge in [0, 0.05) is 26.7 Å². The Kier molecular flexibility index (Phi) is 8.45. The van der Waals surface area contributed by atoms with Crippen LogP contribution in [0.15, 0.2) is 60.7 Å². The second-order valence-electron chi connectivity index (χ2n) is 10.4. The number of ether oxygens (including phenoxy) is 1. The molecule has 1 unspecified atom stereocenters. The highest BCUT2D eigenvalue weighted by molar-refractivity contribution is 5.97. The smallest absolute Gasteiger partial charge is 0.255 e. The minimum atomic E-state index is -0.668. The molecular weight excluding hydrogens is 508 g/mol.